The van der Waals surface area contributed by atoms with Crippen molar-refractivity contribution in [3.05, 3.63) is 88.7 Å². The first kappa shape index (κ1) is 20.4. The van der Waals surface area contributed by atoms with Crippen molar-refractivity contribution in [2.75, 3.05) is 0 Å². The normalized spacial score (nSPS) is 14.7. The smallest absolute Gasteiger partial charge is 0.201 e. The van der Waals surface area contributed by atoms with Gasteiger partial charge in [0.25, 0.3) is 0 Å². The Balaban J connectivity index is 1.64. The molecule has 2 aromatic heterocycles. The summed E-state index contributed by atoms with van der Waals surface area (Å²) in [4.78, 5) is 13.9. The maximum absolute atomic E-state index is 13.9. The van der Waals surface area contributed by atoms with Gasteiger partial charge in [-0.3, -0.25) is 4.79 Å². The first-order valence-electron chi connectivity index (χ1n) is 11.4. The van der Waals surface area contributed by atoms with E-state index in [0.29, 0.717) is 27.8 Å². The van der Waals surface area contributed by atoms with E-state index in [-0.39, 0.29) is 17.5 Å². The SMILES string of the molecule is N#CCn1ncc2ccc3c(=O)c(-c4ccc(C5(N)CCC5)cc4)c(-c4ccccc4)oc3c21. The highest BCUT2D eigenvalue weighted by Gasteiger charge is 2.34. The van der Waals surface area contributed by atoms with Gasteiger partial charge in [-0.25, -0.2) is 4.68 Å². The molecule has 0 bridgehead atoms. The van der Waals surface area contributed by atoms with E-state index >= 15 is 0 Å². The van der Waals surface area contributed by atoms with Gasteiger partial charge in [0.15, 0.2) is 5.58 Å². The predicted molar refractivity (Wildman–Crippen MR) is 132 cm³/mol. The summed E-state index contributed by atoms with van der Waals surface area (Å²) in [6, 6.07) is 23.3. The molecule has 6 nitrogen and oxygen atoms in total. The molecular weight excluding hydrogens is 424 g/mol. The maximum Gasteiger partial charge on any atom is 0.201 e. The quantitative estimate of drug-likeness (QED) is 0.402. The summed E-state index contributed by atoms with van der Waals surface area (Å²) in [5.41, 5.74) is 10.4. The van der Waals surface area contributed by atoms with Crippen LogP contribution in [0.15, 0.2) is 82.1 Å². The largest absolute Gasteiger partial charge is 0.453 e. The third-order valence-corrected chi connectivity index (χ3v) is 6.91. The highest BCUT2D eigenvalue weighted by Crippen LogP contribution is 2.40. The van der Waals surface area contributed by atoms with Crippen molar-refractivity contribution < 1.29 is 4.42 Å². The summed E-state index contributed by atoms with van der Waals surface area (Å²) in [6.45, 7) is 0.0665. The second-order valence-corrected chi connectivity index (χ2v) is 8.93. The molecule has 0 spiro atoms. The topological polar surface area (TPSA) is 97.8 Å². The summed E-state index contributed by atoms with van der Waals surface area (Å²) in [7, 11) is 0. The minimum absolute atomic E-state index is 0.0665. The van der Waals surface area contributed by atoms with E-state index in [0.717, 1.165) is 41.3 Å². The van der Waals surface area contributed by atoms with Crippen LogP contribution in [0.5, 0.6) is 0 Å². The van der Waals surface area contributed by atoms with E-state index in [9.17, 15) is 10.1 Å². The van der Waals surface area contributed by atoms with Gasteiger partial charge in [0.1, 0.15) is 17.8 Å². The fourth-order valence-electron chi connectivity index (χ4n) is 4.88. The van der Waals surface area contributed by atoms with Gasteiger partial charge in [0.05, 0.1) is 23.2 Å². The Labute approximate surface area is 195 Å². The molecule has 1 aliphatic rings. The van der Waals surface area contributed by atoms with Crippen LogP contribution in [-0.4, -0.2) is 9.78 Å². The van der Waals surface area contributed by atoms with Gasteiger partial charge in [0, 0.05) is 16.5 Å². The zero-order chi connectivity index (χ0) is 23.3. The molecule has 0 unspecified atom stereocenters. The van der Waals surface area contributed by atoms with E-state index in [2.05, 4.69) is 11.2 Å². The van der Waals surface area contributed by atoms with Crippen molar-refractivity contribution in [1.82, 2.24) is 9.78 Å². The molecule has 3 aromatic carbocycles. The van der Waals surface area contributed by atoms with Crippen LogP contribution in [0.4, 0.5) is 0 Å². The lowest BCUT2D eigenvalue weighted by Crippen LogP contribution is -2.43. The second kappa shape index (κ2) is 7.68. The molecule has 0 atom stereocenters. The number of benzene rings is 3. The zero-order valence-corrected chi connectivity index (χ0v) is 18.5. The Bertz CT molecular complexity index is 1640. The van der Waals surface area contributed by atoms with Gasteiger partial charge in [-0.2, -0.15) is 10.4 Å². The number of nitrogens with zero attached hydrogens (tertiary/aromatic N) is 3. The minimum Gasteiger partial charge on any atom is -0.453 e. The zero-order valence-electron chi connectivity index (χ0n) is 18.5. The molecule has 0 aliphatic heterocycles. The monoisotopic (exact) mass is 446 g/mol. The average Bonchev–Trinajstić information content (AvgIpc) is 3.27. The minimum atomic E-state index is -0.264. The first-order valence-corrected chi connectivity index (χ1v) is 11.4. The van der Waals surface area contributed by atoms with Crippen LogP contribution < -0.4 is 11.2 Å². The molecular formula is C28H22N4O2. The van der Waals surface area contributed by atoms with E-state index in [1.54, 1.807) is 16.9 Å². The Morgan fingerprint density at radius 1 is 1.03 bits per heavy atom. The summed E-state index contributed by atoms with van der Waals surface area (Å²) in [6.07, 6.45) is 4.78. The van der Waals surface area contributed by atoms with E-state index < -0.39 is 0 Å². The molecule has 34 heavy (non-hydrogen) atoms. The maximum atomic E-state index is 13.9. The van der Waals surface area contributed by atoms with Crippen LogP contribution in [0.1, 0.15) is 24.8 Å². The molecule has 1 saturated carbocycles. The predicted octanol–water partition coefficient (Wildman–Crippen LogP) is 5.34. The molecule has 2 heterocycles. The van der Waals surface area contributed by atoms with Crippen LogP contribution in [-0.2, 0) is 12.1 Å². The standard InChI is InChI=1S/C28H22N4O2/c29-15-16-32-24-20(17-31-32)9-12-22-25(33)23(26(34-27(22)24)19-5-2-1-3-6-19)18-7-10-21(11-8-18)28(30)13-4-14-28/h1-3,5-12,17H,4,13-14,16,30H2. The number of hydrogen-bond acceptors (Lipinski definition) is 5. The Kier molecular flexibility index (Phi) is 4.61. The van der Waals surface area contributed by atoms with Crippen molar-refractivity contribution in [3.8, 4) is 28.5 Å². The number of fused-ring (bicyclic) bond motifs is 3. The van der Waals surface area contributed by atoms with Crippen molar-refractivity contribution in [2.24, 2.45) is 5.73 Å². The third kappa shape index (κ3) is 3.06. The van der Waals surface area contributed by atoms with E-state index in [1.165, 1.54) is 0 Å². The lowest BCUT2D eigenvalue weighted by Gasteiger charge is -2.38. The van der Waals surface area contributed by atoms with Crippen molar-refractivity contribution >= 4 is 21.9 Å². The lowest BCUT2D eigenvalue weighted by molar-refractivity contribution is 0.253. The molecule has 0 radical (unpaired) electrons. The molecule has 0 amide bonds. The molecule has 0 saturated heterocycles. The Hall–Kier alpha value is -4.21. The van der Waals surface area contributed by atoms with Gasteiger partial charge in [-0.15, -0.1) is 0 Å². The molecule has 5 aromatic rings. The number of nitriles is 1. The molecule has 1 aliphatic carbocycles. The van der Waals surface area contributed by atoms with Gasteiger partial charge >= 0.3 is 0 Å². The summed E-state index contributed by atoms with van der Waals surface area (Å²) < 4.78 is 8.08. The van der Waals surface area contributed by atoms with Gasteiger partial charge in [0.2, 0.25) is 5.43 Å². The van der Waals surface area contributed by atoms with Crippen molar-refractivity contribution in [1.29, 1.82) is 5.26 Å². The number of aromatic nitrogens is 2. The fourth-order valence-corrected chi connectivity index (χ4v) is 4.88. The van der Waals surface area contributed by atoms with Crippen LogP contribution in [0.2, 0.25) is 0 Å². The summed E-state index contributed by atoms with van der Waals surface area (Å²) >= 11 is 0. The van der Waals surface area contributed by atoms with Gasteiger partial charge < -0.3 is 10.2 Å². The molecule has 6 heteroatoms. The molecule has 1 fully saturated rings. The van der Waals surface area contributed by atoms with Crippen molar-refractivity contribution in [2.45, 2.75) is 31.3 Å². The number of nitrogens with two attached hydrogens (primary N) is 1. The summed E-state index contributed by atoms with van der Waals surface area (Å²) in [5.74, 6) is 0.495. The van der Waals surface area contributed by atoms with Crippen LogP contribution in [0, 0.1) is 11.3 Å². The molecule has 6 rings (SSSR count). The first-order chi connectivity index (χ1) is 16.6. The summed E-state index contributed by atoms with van der Waals surface area (Å²) in [5, 5.41) is 14.8. The molecule has 2 N–H and O–H groups in total. The average molecular weight is 447 g/mol. The number of rotatable bonds is 4. The van der Waals surface area contributed by atoms with Crippen LogP contribution in [0.3, 0.4) is 0 Å². The van der Waals surface area contributed by atoms with Gasteiger partial charge in [-0.1, -0.05) is 60.7 Å². The van der Waals surface area contributed by atoms with E-state index in [4.69, 9.17) is 10.2 Å². The van der Waals surface area contributed by atoms with E-state index in [1.807, 2.05) is 60.7 Å². The highest BCUT2D eigenvalue weighted by atomic mass is 16.3. The Morgan fingerprint density at radius 3 is 2.47 bits per heavy atom. The van der Waals surface area contributed by atoms with Gasteiger partial charge in [-0.05, 0) is 36.5 Å². The third-order valence-electron chi connectivity index (χ3n) is 6.91. The van der Waals surface area contributed by atoms with Crippen molar-refractivity contribution in [3.63, 3.8) is 0 Å². The highest BCUT2D eigenvalue weighted by molar-refractivity contribution is 6.04. The second-order valence-electron chi connectivity index (χ2n) is 8.93. The Morgan fingerprint density at radius 2 is 1.79 bits per heavy atom. The number of hydrogen-bond donors (Lipinski definition) is 1. The lowest BCUT2D eigenvalue weighted by atomic mass is 9.72. The van der Waals surface area contributed by atoms with Crippen LogP contribution >= 0.6 is 0 Å². The van der Waals surface area contributed by atoms with Crippen LogP contribution in [0.25, 0.3) is 44.3 Å². The molecule has 166 valence electrons. The fraction of sp³-hybridized carbons (Fsp3) is 0.179.